The van der Waals surface area contributed by atoms with Gasteiger partial charge in [-0.2, -0.15) is 0 Å². The van der Waals surface area contributed by atoms with E-state index in [0.29, 0.717) is 18.1 Å². The smallest absolute Gasteiger partial charge is 0.0744 e. The summed E-state index contributed by atoms with van der Waals surface area (Å²) >= 11 is 3.62. The number of ether oxygens (including phenoxy) is 1. The molecule has 0 bridgehead atoms. The van der Waals surface area contributed by atoms with Gasteiger partial charge >= 0.3 is 0 Å². The van der Waals surface area contributed by atoms with Gasteiger partial charge in [-0.3, -0.25) is 0 Å². The average molecular weight is 326 g/mol. The van der Waals surface area contributed by atoms with Crippen LogP contribution in [0.3, 0.4) is 0 Å². The molecule has 0 radical (unpaired) electrons. The van der Waals surface area contributed by atoms with Gasteiger partial charge in [-0.1, -0.05) is 42.3 Å². The Bertz CT molecular complexity index is 431. The first-order chi connectivity index (χ1) is 9.02. The maximum absolute atomic E-state index is 5.31. The van der Waals surface area contributed by atoms with Crippen molar-refractivity contribution in [2.24, 2.45) is 5.41 Å². The van der Waals surface area contributed by atoms with E-state index in [4.69, 9.17) is 4.74 Å². The van der Waals surface area contributed by atoms with E-state index < -0.39 is 0 Å². The molecule has 0 heterocycles. The van der Waals surface area contributed by atoms with Crippen molar-refractivity contribution >= 4 is 21.6 Å². The van der Waals surface area contributed by atoms with Gasteiger partial charge < -0.3 is 10.1 Å². The second-order valence-corrected chi connectivity index (χ2v) is 7.16. The highest BCUT2D eigenvalue weighted by Gasteiger charge is 2.28. The molecule has 19 heavy (non-hydrogen) atoms. The fourth-order valence-electron chi connectivity index (χ4n) is 3.03. The molecule has 0 amide bonds. The lowest BCUT2D eigenvalue weighted by Gasteiger charge is -2.36. The van der Waals surface area contributed by atoms with E-state index in [0.717, 1.165) is 4.47 Å². The topological polar surface area (TPSA) is 21.3 Å². The lowest BCUT2D eigenvalue weighted by molar-refractivity contribution is 0.184. The van der Waals surface area contributed by atoms with E-state index in [1.807, 2.05) is 0 Å². The molecule has 3 heteroatoms. The highest BCUT2D eigenvalue weighted by molar-refractivity contribution is 9.10. The molecule has 0 aliphatic heterocycles. The summed E-state index contributed by atoms with van der Waals surface area (Å²) < 4.78 is 6.43. The molecule has 1 aliphatic rings. The zero-order valence-corrected chi connectivity index (χ0v) is 13.7. The zero-order chi connectivity index (χ0) is 13.9. The Labute approximate surface area is 125 Å². The normalized spacial score (nSPS) is 22.2. The minimum absolute atomic E-state index is 0.462. The molecule has 1 fully saturated rings. The van der Waals surface area contributed by atoms with E-state index in [1.54, 1.807) is 7.11 Å². The summed E-state index contributed by atoms with van der Waals surface area (Å²) in [5, 5.41) is 3.72. The van der Waals surface area contributed by atoms with Crippen molar-refractivity contribution in [3.05, 3.63) is 28.2 Å². The molecule has 0 spiro atoms. The van der Waals surface area contributed by atoms with Crippen LogP contribution in [0.4, 0.5) is 5.69 Å². The highest BCUT2D eigenvalue weighted by Crippen LogP contribution is 2.37. The molecule has 106 valence electrons. The van der Waals surface area contributed by atoms with Gasteiger partial charge in [0, 0.05) is 28.9 Å². The van der Waals surface area contributed by atoms with Crippen molar-refractivity contribution in [1.82, 2.24) is 0 Å². The molecule has 1 aromatic carbocycles. The lowest BCUT2D eigenvalue weighted by atomic mass is 9.75. The average Bonchev–Trinajstić information content (AvgIpc) is 2.32. The van der Waals surface area contributed by atoms with E-state index in [1.165, 1.54) is 36.9 Å². The Kier molecular flexibility index (Phi) is 4.91. The van der Waals surface area contributed by atoms with E-state index in [2.05, 4.69) is 53.3 Å². The molecule has 1 saturated carbocycles. The van der Waals surface area contributed by atoms with Crippen LogP contribution in [0.15, 0.2) is 22.7 Å². The molecule has 2 nitrogen and oxygen atoms in total. The Balaban J connectivity index is 2.12. The maximum atomic E-state index is 5.31. The minimum atomic E-state index is 0.462. The molecule has 0 saturated heterocycles. The number of hydrogen-bond donors (Lipinski definition) is 1. The minimum Gasteiger partial charge on any atom is -0.382 e. The standard InChI is InChI=1S/C16H24BrNO/c1-16(2)9-5-6-12(10-16)18-15-8-4-7-14(17)13(15)11-19-3/h4,7-8,12,18H,5-6,9-11H2,1-3H3. The van der Waals surface area contributed by atoms with Gasteiger partial charge in [0.05, 0.1) is 6.61 Å². The van der Waals surface area contributed by atoms with Crippen LogP contribution in [-0.2, 0) is 11.3 Å². The Morgan fingerprint density at radius 2 is 2.21 bits per heavy atom. The Morgan fingerprint density at radius 3 is 2.89 bits per heavy atom. The lowest BCUT2D eigenvalue weighted by Crippen LogP contribution is -2.32. The summed E-state index contributed by atoms with van der Waals surface area (Å²) in [6, 6.07) is 6.89. The highest BCUT2D eigenvalue weighted by atomic mass is 79.9. The van der Waals surface area contributed by atoms with E-state index in [9.17, 15) is 0 Å². The molecule has 1 N–H and O–H groups in total. The molecule has 1 aromatic rings. The van der Waals surface area contributed by atoms with Crippen molar-refractivity contribution in [3.8, 4) is 0 Å². The molecular weight excluding hydrogens is 302 g/mol. The third-order valence-electron chi connectivity index (χ3n) is 3.97. The van der Waals surface area contributed by atoms with Crippen LogP contribution in [-0.4, -0.2) is 13.2 Å². The SMILES string of the molecule is COCc1c(Br)cccc1NC1CCCC(C)(C)C1. The third kappa shape index (κ3) is 3.96. The summed E-state index contributed by atoms with van der Waals surface area (Å²) in [7, 11) is 1.74. The van der Waals surface area contributed by atoms with Gasteiger partial charge in [-0.25, -0.2) is 0 Å². The number of anilines is 1. The first kappa shape index (κ1) is 14.9. The molecule has 2 rings (SSSR count). The quantitative estimate of drug-likeness (QED) is 0.843. The number of hydrogen-bond acceptors (Lipinski definition) is 2. The van der Waals surface area contributed by atoms with Gasteiger partial charge in [-0.15, -0.1) is 0 Å². The van der Waals surface area contributed by atoms with Crippen LogP contribution < -0.4 is 5.32 Å². The third-order valence-corrected chi connectivity index (χ3v) is 4.72. The molecule has 0 aromatic heterocycles. The fraction of sp³-hybridized carbons (Fsp3) is 0.625. The second-order valence-electron chi connectivity index (χ2n) is 6.30. The van der Waals surface area contributed by atoms with Crippen molar-refractivity contribution < 1.29 is 4.74 Å². The van der Waals surface area contributed by atoms with Crippen LogP contribution in [0.2, 0.25) is 0 Å². The number of nitrogens with one attached hydrogen (secondary N) is 1. The van der Waals surface area contributed by atoms with Crippen LogP contribution in [0, 0.1) is 5.41 Å². The van der Waals surface area contributed by atoms with E-state index >= 15 is 0 Å². The second kappa shape index (κ2) is 6.27. The van der Waals surface area contributed by atoms with E-state index in [-0.39, 0.29) is 0 Å². The van der Waals surface area contributed by atoms with Crippen molar-refractivity contribution in [2.45, 2.75) is 52.2 Å². The van der Waals surface area contributed by atoms with Crippen LogP contribution >= 0.6 is 15.9 Å². The van der Waals surface area contributed by atoms with Crippen LogP contribution in [0.5, 0.6) is 0 Å². The van der Waals surface area contributed by atoms with Crippen molar-refractivity contribution in [1.29, 1.82) is 0 Å². The van der Waals surface area contributed by atoms with Crippen molar-refractivity contribution in [2.75, 3.05) is 12.4 Å². The summed E-state index contributed by atoms with van der Waals surface area (Å²) in [6.45, 7) is 5.38. The fourth-order valence-corrected chi connectivity index (χ4v) is 3.51. The van der Waals surface area contributed by atoms with Crippen LogP contribution in [0.25, 0.3) is 0 Å². The monoisotopic (exact) mass is 325 g/mol. The molecule has 1 atom stereocenters. The summed E-state index contributed by atoms with van der Waals surface area (Å²) in [5.74, 6) is 0. The zero-order valence-electron chi connectivity index (χ0n) is 12.1. The summed E-state index contributed by atoms with van der Waals surface area (Å²) in [6.07, 6.45) is 5.17. The number of halogens is 1. The Hall–Kier alpha value is -0.540. The predicted molar refractivity (Wildman–Crippen MR) is 84.5 cm³/mol. The number of benzene rings is 1. The molecule has 1 unspecified atom stereocenters. The predicted octanol–water partition coefficient (Wildman–Crippen LogP) is 4.98. The van der Waals surface area contributed by atoms with Gasteiger partial charge in [-0.05, 0) is 36.8 Å². The van der Waals surface area contributed by atoms with Gasteiger partial charge in [0.1, 0.15) is 0 Å². The molecule has 1 aliphatic carbocycles. The van der Waals surface area contributed by atoms with Crippen molar-refractivity contribution in [3.63, 3.8) is 0 Å². The van der Waals surface area contributed by atoms with Crippen LogP contribution in [0.1, 0.15) is 45.1 Å². The molecular formula is C16H24BrNO. The Morgan fingerprint density at radius 1 is 1.42 bits per heavy atom. The largest absolute Gasteiger partial charge is 0.382 e. The maximum Gasteiger partial charge on any atom is 0.0744 e. The number of rotatable bonds is 4. The number of methoxy groups -OCH3 is 1. The summed E-state index contributed by atoms with van der Waals surface area (Å²) in [4.78, 5) is 0. The first-order valence-electron chi connectivity index (χ1n) is 7.05. The first-order valence-corrected chi connectivity index (χ1v) is 7.84. The van der Waals surface area contributed by atoms with Gasteiger partial charge in [0.2, 0.25) is 0 Å². The van der Waals surface area contributed by atoms with Gasteiger partial charge in [0.15, 0.2) is 0 Å². The summed E-state index contributed by atoms with van der Waals surface area (Å²) in [5.41, 5.74) is 2.89. The van der Waals surface area contributed by atoms with Gasteiger partial charge in [0.25, 0.3) is 0 Å².